The zero-order valence-corrected chi connectivity index (χ0v) is 15.0. The van der Waals surface area contributed by atoms with Crippen LogP contribution in [-0.2, 0) is 10.0 Å². The Morgan fingerprint density at radius 1 is 1.20 bits per heavy atom. The molecule has 6 nitrogen and oxygen atoms in total. The highest BCUT2D eigenvalue weighted by Gasteiger charge is 2.16. The number of carbonyl (C=O) groups is 1. The lowest BCUT2D eigenvalue weighted by molar-refractivity contribution is 0.0697. The van der Waals surface area contributed by atoms with Crippen molar-refractivity contribution >= 4 is 21.7 Å². The van der Waals surface area contributed by atoms with Crippen LogP contribution in [0.5, 0.6) is 5.75 Å². The van der Waals surface area contributed by atoms with Gasteiger partial charge in [0, 0.05) is 5.69 Å². The van der Waals surface area contributed by atoms with E-state index in [1.165, 1.54) is 36.4 Å². The van der Waals surface area contributed by atoms with Crippen molar-refractivity contribution in [1.29, 1.82) is 0 Å². The molecule has 0 aromatic heterocycles. The van der Waals surface area contributed by atoms with Gasteiger partial charge in [-0.05, 0) is 55.3 Å². The standard InChI is InChI=1S/C18H21NO5S/c1-3-4-10-24-17-9-8-16(11-13(17)2)25(22,23)19-15-7-5-6-14(12-15)18(20)21/h5-9,11-12,19H,3-4,10H2,1-2H3,(H,20,21). The second-order valence-electron chi connectivity index (χ2n) is 5.62. The lowest BCUT2D eigenvalue weighted by atomic mass is 10.2. The van der Waals surface area contributed by atoms with E-state index in [1.54, 1.807) is 13.0 Å². The second kappa shape index (κ2) is 8.02. The molecule has 2 N–H and O–H groups in total. The van der Waals surface area contributed by atoms with Crippen LogP contribution in [0, 0.1) is 6.92 Å². The average Bonchev–Trinajstić information content (AvgIpc) is 2.56. The largest absolute Gasteiger partial charge is 0.493 e. The van der Waals surface area contributed by atoms with E-state index in [0.717, 1.165) is 18.4 Å². The number of sulfonamides is 1. The first-order chi connectivity index (χ1) is 11.8. The van der Waals surface area contributed by atoms with Gasteiger partial charge in [0.2, 0.25) is 0 Å². The predicted molar refractivity (Wildman–Crippen MR) is 95.8 cm³/mol. The molecule has 7 heteroatoms. The summed E-state index contributed by atoms with van der Waals surface area (Å²) in [6.07, 6.45) is 1.95. The minimum atomic E-state index is -3.82. The van der Waals surface area contributed by atoms with Gasteiger partial charge in [-0.1, -0.05) is 19.4 Å². The van der Waals surface area contributed by atoms with Crippen LogP contribution in [0.15, 0.2) is 47.4 Å². The number of carboxylic acids is 1. The van der Waals surface area contributed by atoms with Crippen molar-refractivity contribution < 1.29 is 23.1 Å². The van der Waals surface area contributed by atoms with Gasteiger partial charge in [-0.3, -0.25) is 4.72 Å². The van der Waals surface area contributed by atoms with Gasteiger partial charge in [-0.15, -0.1) is 0 Å². The summed E-state index contributed by atoms with van der Waals surface area (Å²) in [6.45, 7) is 4.44. The Morgan fingerprint density at radius 3 is 2.60 bits per heavy atom. The van der Waals surface area contributed by atoms with Crippen LogP contribution in [0.4, 0.5) is 5.69 Å². The van der Waals surface area contributed by atoms with Crippen molar-refractivity contribution in [1.82, 2.24) is 0 Å². The molecule has 0 bridgehead atoms. The summed E-state index contributed by atoms with van der Waals surface area (Å²) in [6, 6.07) is 10.3. The zero-order chi connectivity index (χ0) is 18.4. The molecular formula is C18H21NO5S. The Bertz CT molecular complexity index is 862. The van der Waals surface area contributed by atoms with Gasteiger partial charge < -0.3 is 9.84 Å². The Kier molecular flexibility index (Phi) is 6.03. The van der Waals surface area contributed by atoms with Gasteiger partial charge >= 0.3 is 5.97 Å². The Labute approximate surface area is 147 Å². The van der Waals surface area contributed by atoms with E-state index < -0.39 is 16.0 Å². The maximum absolute atomic E-state index is 12.5. The van der Waals surface area contributed by atoms with Gasteiger partial charge in [-0.25, -0.2) is 13.2 Å². The molecule has 0 spiro atoms. The number of aryl methyl sites for hydroxylation is 1. The van der Waals surface area contributed by atoms with Crippen LogP contribution in [0.3, 0.4) is 0 Å². The van der Waals surface area contributed by atoms with Gasteiger partial charge in [0.05, 0.1) is 17.1 Å². The first-order valence-electron chi connectivity index (χ1n) is 7.93. The molecule has 0 saturated heterocycles. The number of rotatable bonds is 8. The summed E-state index contributed by atoms with van der Waals surface area (Å²) in [5.74, 6) is -0.467. The number of carboxylic acid groups (broad SMARTS) is 1. The van der Waals surface area contributed by atoms with E-state index in [-0.39, 0.29) is 16.1 Å². The molecule has 0 radical (unpaired) electrons. The molecule has 0 aliphatic heterocycles. The van der Waals surface area contributed by atoms with Crippen LogP contribution >= 0.6 is 0 Å². The van der Waals surface area contributed by atoms with Crippen LogP contribution in [0.25, 0.3) is 0 Å². The summed E-state index contributed by atoms with van der Waals surface area (Å²) in [4.78, 5) is 11.1. The average molecular weight is 363 g/mol. The molecule has 25 heavy (non-hydrogen) atoms. The number of unbranched alkanes of at least 4 members (excludes halogenated alkanes) is 1. The number of benzene rings is 2. The molecule has 0 atom stereocenters. The van der Waals surface area contributed by atoms with Gasteiger partial charge in [0.1, 0.15) is 5.75 Å². The lowest BCUT2D eigenvalue weighted by Crippen LogP contribution is -2.13. The van der Waals surface area contributed by atoms with Crippen molar-refractivity contribution in [3.8, 4) is 5.75 Å². The third kappa shape index (κ3) is 4.96. The molecule has 134 valence electrons. The fraction of sp³-hybridized carbons (Fsp3) is 0.278. The summed E-state index contributed by atoms with van der Waals surface area (Å²) in [5, 5.41) is 8.99. The summed E-state index contributed by atoms with van der Waals surface area (Å²) >= 11 is 0. The summed E-state index contributed by atoms with van der Waals surface area (Å²) in [7, 11) is -3.82. The van der Waals surface area contributed by atoms with E-state index in [1.807, 2.05) is 0 Å². The number of anilines is 1. The van der Waals surface area contributed by atoms with E-state index >= 15 is 0 Å². The molecule has 0 heterocycles. The van der Waals surface area contributed by atoms with Gasteiger partial charge in [0.25, 0.3) is 10.0 Å². The van der Waals surface area contributed by atoms with Crippen molar-refractivity contribution in [2.24, 2.45) is 0 Å². The van der Waals surface area contributed by atoms with E-state index in [4.69, 9.17) is 9.84 Å². The van der Waals surface area contributed by atoms with Crippen molar-refractivity contribution in [3.05, 3.63) is 53.6 Å². The molecule has 2 rings (SSSR count). The molecule has 0 saturated carbocycles. The normalized spacial score (nSPS) is 11.1. The summed E-state index contributed by atoms with van der Waals surface area (Å²) < 4.78 is 33.0. The zero-order valence-electron chi connectivity index (χ0n) is 14.2. The molecule has 0 amide bonds. The van der Waals surface area contributed by atoms with Gasteiger partial charge in [-0.2, -0.15) is 0 Å². The number of hydrogen-bond donors (Lipinski definition) is 2. The minimum absolute atomic E-state index is 0.0102. The topological polar surface area (TPSA) is 92.7 Å². The van der Waals surface area contributed by atoms with Crippen LogP contribution in [-0.4, -0.2) is 26.1 Å². The Balaban J connectivity index is 2.20. The fourth-order valence-corrected chi connectivity index (χ4v) is 3.34. The van der Waals surface area contributed by atoms with Crippen molar-refractivity contribution in [2.75, 3.05) is 11.3 Å². The maximum Gasteiger partial charge on any atom is 0.335 e. The highest BCUT2D eigenvalue weighted by Crippen LogP contribution is 2.24. The highest BCUT2D eigenvalue weighted by atomic mass is 32.2. The molecule has 2 aromatic carbocycles. The number of ether oxygens (including phenoxy) is 1. The maximum atomic E-state index is 12.5. The van der Waals surface area contributed by atoms with Crippen molar-refractivity contribution in [2.45, 2.75) is 31.6 Å². The summed E-state index contributed by atoms with van der Waals surface area (Å²) in [5.41, 5.74) is 0.926. The van der Waals surface area contributed by atoms with Gasteiger partial charge in [0.15, 0.2) is 0 Å². The molecule has 0 aliphatic carbocycles. The monoisotopic (exact) mass is 363 g/mol. The first-order valence-corrected chi connectivity index (χ1v) is 9.41. The quantitative estimate of drug-likeness (QED) is 0.698. The third-order valence-corrected chi connectivity index (χ3v) is 4.95. The van der Waals surface area contributed by atoms with Crippen LogP contribution < -0.4 is 9.46 Å². The molecule has 0 unspecified atom stereocenters. The second-order valence-corrected chi connectivity index (χ2v) is 7.30. The number of nitrogens with one attached hydrogen (secondary N) is 1. The third-order valence-electron chi connectivity index (χ3n) is 3.57. The van der Waals surface area contributed by atoms with Crippen molar-refractivity contribution in [3.63, 3.8) is 0 Å². The molecular weight excluding hydrogens is 342 g/mol. The van der Waals surface area contributed by atoms with E-state index in [0.29, 0.717) is 12.4 Å². The number of aromatic carboxylic acids is 1. The Morgan fingerprint density at radius 2 is 1.96 bits per heavy atom. The minimum Gasteiger partial charge on any atom is -0.493 e. The lowest BCUT2D eigenvalue weighted by Gasteiger charge is -2.12. The molecule has 2 aromatic rings. The Hall–Kier alpha value is -2.54. The molecule has 0 fully saturated rings. The first kappa shape index (κ1) is 18.8. The SMILES string of the molecule is CCCCOc1ccc(S(=O)(=O)Nc2cccc(C(=O)O)c2)cc1C. The van der Waals surface area contributed by atoms with E-state index in [9.17, 15) is 13.2 Å². The molecule has 0 aliphatic rings. The van der Waals surface area contributed by atoms with Crippen LogP contribution in [0.1, 0.15) is 35.7 Å². The number of hydrogen-bond acceptors (Lipinski definition) is 4. The predicted octanol–water partition coefficient (Wildman–Crippen LogP) is 3.67. The smallest absolute Gasteiger partial charge is 0.335 e. The van der Waals surface area contributed by atoms with Crippen LogP contribution in [0.2, 0.25) is 0 Å². The highest BCUT2D eigenvalue weighted by molar-refractivity contribution is 7.92. The fourth-order valence-electron chi connectivity index (χ4n) is 2.21. The van der Waals surface area contributed by atoms with E-state index in [2.05, 4.69) is 11.6 Å².